The fourth-order valence-electron chi connectivity index (χ4n) is 2.73. The van der Waals surface area contributed by atoms with E-state index in [1.54, 1.807) is 34.6 Å². The van der Waals surface area contributed by atoms with Crippen molar-refractivity contribution in [2.45, 2.75) is 70.7 Å². The van der Waals surface area contributed by atoms with Gasteiger partial charge in [-0.15, -0.1) is 25.3 Å². The van der Waals surface area contributed by atoms with E-state index in [-0.39, 0.29) is 12.8 Å². The molecular formula is C12H21N3O8. The molecule has 0 bridgehead atoms. The molecule has 0 aromatic rings. The second-order valence-electron chi connectivity index (χ2n) is 6.29. The quantitative estimate of drug-likeness (QED) is 0.519. The average molecular weight is 335 g/mol. The molecule has 1 rings (SSSR count). The third-order valence-corrected chi connectivity index (χ3v) is 3.96. The molecule has 23 heavy (non-hydrogen) atoms. The lowest BCUT2D eigenvalue weighted by atomic mass is 9.78. The highest BCUT2D eigenvalue weighted by Gasteiger charge is 2.57. The number of carbonyl (C=O) groups excluding carboxylic acids is 1. The van der Waals surface area contributed by atoms with Crippen LogP contribution in [0.5, 0.6) is 0 Å². The lowest BCUT2D eigenvalue weighted by molar-refractivity contribution is -0.787. The molecule has 0 radical (unpaired) electrons. The molecular weight excluding hydrogens is 314 g/mol. The van der Waals surface area contributed by atoms with Crippen LogP contribution in [0, 0.1) is 20.2 Å². The van der Waals surface area contributed by atoms with Gasteiger partial charge in [-0.05, 0) is 27.7 Å². The summed E-state index contributed by atoms with van der Waals surface area (Å²) in [4.78, 5) is 47.7. The van der Waals surface area contributed by atoms with Gasteiger partial charge in [0.15, 0.2) is 0 Å². The summed E-state index contributed by atoms with van der Waals surface area (Å²) in [5.41, 5.74) is -2.20. The molecule has 0 saturated carbocycles. The molecule has 0 aromatic heterocycles. The van der Waals surface area contributed by atoms with Crippen molar-refractivity contribution in [3.8, 4) is 0 Å². The maximum atomic E-state index is 11.7. The molecule has 11 nitrogen and oxygen atoms in total. The van der Waals surface area contributed by atoms with E-state index in [1.807, 2.05) is 0 Å². The molecule has 2 unspecified atom stereocenters. The van der Waals surface area contributed by atoms with Gasteiger partial charge in [-0.1, -0.05) is 6.92 Å². The van der Waals surface area contributed by atoms with Crippen LogP contribution in [0.4, 0.5) is 0 Å². The van der Waals surface area contributed by atoms with Gasteiger partial charge in [0.2, 0.25) is 0 Å². The first kappa shape index (κ1) is 18.9. The first-order valence-corrected chi connectivity index (χ1v) is 7.06. The molecule has 1 aliphatic rings. The molecule has 0 N–H and O–H groups in total. The molecule has 0 aromatic carbocycles. The van der Waals surface area contributed by atoms with Crippen LogP contribution in [-0.4, -0.2) is 44.5 Å². The first-order valence-electron chi connectivity index (χ1n) is 7.06. The summed E-state index contributed by atoms with van der Waals surface area (Å²) < 4.78 is 0. The van der Waals surface area contributed by atoms with Crippen molar-refractivity contribution in [2.24, 2.45) is 0 Å². The van der Waals surface area contributed by atoms with Gasteiger partial charge >= 0.3 is 5.97 Å². The van der Waals surface area contributed by atoms with Crippen LogP contribution in [-0.2, 0) is 19.3 Å². The Hall–Kier alpha value is -2.17. The predicted molar refractivity (Wildman–Crippen MR) is 74.7 cm³/mol. The molecule has 0 spiro atoms. The second-order valence-corrected chi connectivity index (χ2v) is 6.29. The summed E-state index contributed by atoms with van der Waals surface area (Å²) in [7, 11) is 0. The summed E-state index contributed by atoms with van der Waals surface area (Å²) in [6.07, 6.45) is -2.20. The van der Waals surface area contributed by atoms with Gasteiger partial charge in [0.25, 0.3) is 10.2 Å². The van der Waals surface area contributed by atoms with Crippen LogP contribution in [0.2, 0.25) is 0 Å². The van der Waals surface area contributed by atoms with Crippen LogP contribution >= 0.6 is 0 Å². The Kier molecular flexibility index (Phi) is 5.35. The highest BCUT2D eigenvalue weighted by atomic mass is 17.0. The molecule has 1 aliphatic heterocycles. The highest BCUT2D eigenvalue weighted by molar-refractivity contribution is 5.68. The Morgan fingerprint density at radius 1 is 1.09 bits per heavy atom. The maximum absolute atomic E-state index is 11.7. The Bertz CT molecular complexity index is 459. The fraction of sp³-hybridized carbons (Fsp3) is 0.917. The average Bonchev–Trinajstić information content (AvgIpc) is 2.39. The standard InChI is InChI=1S/C12H21N3O8/c1-6-10(16)23-13-11(2,3)8(21-14(17)18)7-9(12(13,4)5)22-15(19)20/h8-9H,6-7H2,1-5H3. The van der Waals surface area contributed by atoms with Crippen molar-refractivity contribution in [3.05, 3.63) is 20.2 Å². The third kappa shape index (κ3) is 3.97. The minimum Gasteiger partial charge on any atom is -0.367 e. The van der Waals surface area contributed by atoms with E-state index in [9.17, 15) is 25.0 Å². The van der Waals surface area contributed by atoms with Crippen molar-refractivity contribution >= 4 is 5.97 Å². The summed E-state index contributed by atoms with van der Waals surface area (Å²) >= 11 is 0. The number of carbonyl (C=O) groups is 1. The first-order chi connectivity index (χ1) is 10.4. The minimum atomic E-state index is -1.10. The topological polar surface area (TPSA) is 134 Å². The van der Waals surface area contributed by atoms with E-state index in [0.29, 0.717) is 0 Å². The van der Waals surface area contributed by atoms with E-state index in [2.05, 4.69) is 9.68 Å². The monoisotopic (exact) mass is 335 g/mol. The smallest absolute Gasteiger partial charge is 0.324 e. The number of piperidine rings is 1. The second kappa shape index (κ2) is 6.52. The summed E-state index contributed by atoms with van der Waals surface area (Å²) in [5, 5.41) is 20.7. The zero-order chi connectivity index (χ0) is 18.0. The number of nitrogens with zero attached hydrogens (tertiary/aromatic N) is 3. The Labute approximate surface area is 132 Å². The van der Waals surface area contributed by atoms with Crippen LogP contribution in [0.3, 0.4) is 0 Å². The van der Waals surface area contributed by atoms with Crippen molar-refractivity contribution in [1.29, 1.82) is 0 Å². The van der Waals surface area contributed by atoms with Crippen molar-refractivity contribution < 1.29 is 29.5 Å². The van der Waals surface area contributed by atoms with E-state index in [1.165, 1.54) is 5.06 Å². The van der Waals surface area contributed by atoms with Gasteiger partial charge < -0.3 is 14.5 Å². The summed E-state index contributed by atoms with van der Waals surface area (Å²) in [6, 6.07) is 0. The zero-order valence-corrected chi connectivity index (χ0v) is 13.7. The number of rotatable bonds is 6. The van der Waals surface area contributed by atoms with E-state index in [0.717, 1.165) is 0 Å². The SMILES string of the molecule is CCC(=O)ON1C(C)(C)C(O[N+](=O)[O-])CC(O[N+](=O)[O-])C1(C)C. The fourth-order valence-corrected chi connectivity index (χ4v) is 2.73. The molecule has 0 aliphatic carbocycles. The lowest BCUT2D eigenvalue weighted by Gasteiger charge is -2.55. The van der Waals surface area contributed by atoms with Gasteiger partial charge in [-0.3, -0.25) is 4.79 Å². The largest absolute Gasteiger partial charge is 0.367 e. The van der Waals surface area contributed by atoms with Crippen molar-refractivity contribution in [3.63, 3.8) is 0 Å². The normalized spacial score (nSPS) is 26.1. The molecule has 1 saturated heterocycles. The highest BCUT2D eigenvalue weighted by Crippen LogP contribution is 2.41. The lowest BCUT2D eigenvalue weighted by Crippen LogP contribution is -2.71. The molecule has 2 atom stereocenters. The molecule has 0 amide bonds. The minimum absolute atomic E-state index is 0.0736. The number of hydrogen-bond donors (Lipinski definition) is 0. The van der Waals surface area contributed by atoms with Gasteiger partial charge in [-0.2, -0.15) is 0 Å². The Morgan fingerprint density at radius 3 is 1.78 bits per heavy atom. The predicted octanol–water partition coefficient (Wildman–Crippen LogP) is 1.27. The van der Waals surface area contributed by atoms with Crippen molar-refractivity contribution in [2.75, 3.05) is 0 Å². The van der Waals surface area contributed by atoms with Gasteiger partial charge in [0.1, 0.15) is 12.2 Å². The number of hydroxylamine groups is 2. The van der Waals surface area contributed by atoms with Crippen LogP contribution < -0.4 is 0 Å². The third-order valence-electron chi connectivity index (χ3n) is 3.96. The summed E-state index contributed by atoms with van der Waals surface area (Å²) in [5.74, 6) is -0.576. The summed E-state index contributed by atoms with van der Waals surface area (Å²) in [6.45, 7) is 7.95. The van der Waals surface area contributed by atoms with E-state index >= 15 is 0 Å². The molecule has 132 valence electrons. The van der Waals surface area contributed by atoms with Gasteiger partial charge in [-0.25, -0.2) is 0 Å². The Morgan fingerprint density at radius 2 is 1.48 bits per heavy atom. The van der Waals surface area contributed by atoms with Crippen LogP contribution in [0.25, 0.3) is 0 Å². The van der Waals surface area contributed by atoms with E-state index < -0.39 is 39.4 Å². The molecule has 11 heteroatoms. The van der Waals surface area contributed by atoms with E-state index in [4.69, 9.17) is 4.84 Å². The Balaban J connectivity index is 3.23. The maximum Gasteiger partial charge on any atom is 0.324 e. The molecule has 1 heterocycles. The van der Waals surface area contributed by atoms with Crippen LogP contribution in [0.15, 0.2) is 0 Å². The van der Waals surface area contributed by atoms with Gasteiger partial charge in [0.05, 0.1) is 11.1 Å². The number of hydrogen-bond acceptors (Lipinski definition) is 9. The van der Waals surface area contributed by atoms with Crippen LogP contribution in [0.1, 0.15) is 47.5 Å². The molecule has 1 fully saturated rings. The van der Waals surface area contributed by atoms with Gasteiger partial charge in [0, 0.05) is 12.8 Å². The zero-order valence-electron chi connectivity index (χ0n) is 13.7. The van der Waals surface area contributed by atoms with Crippen molar-refractivity contribution in [1.82, 2.24) is 5.06 Å².